The minimum Gasteiger partial charge on any atom is -0.355 e. The summed E-state index contributed by atoms with van der Waals surface area (Å²) >= 11 is 12.6. The van der Waals surface area contributed by atoms with Gasteiger partial charge in [-0.05, 0) is 44.2 Å². The summed E-state index contributed by atoms with van der Waals surface area (Å²) in [6.45, 7) is 5.85. The fourth-order valence-corrected chi connectivity index (χ4v) is 4.30. The van der Waals surface area contributed by atoms with Crippen molar-refractivity contribution >= 4 is 59.7 Å². The highest BCUT2D eigenvalue weighted by molar-refractivity contribution is 8.13. The normalized spacial score (nSPS) is 11.9. The fourth-order valence-electron chi connectivity index (χ4n) is 3.00. The SMILES string of the molecule is CCN(CC)c1nn(Cc2c(Cl)cccc2Cl)c2ccc(S(=O)(=O)Cl)cc12. The van der Waals surface area contributed by atoms with E-state index >= 15 is 0 Å². The van der Waals surface area contributed by atoms with Crippen LogP contribution < -0.4 is 4.90 Å². The van der Waals surface area contributed by atoms with Gasteiger partial charge in [-0.3, -0.25) is 4.68 Å². The van der Waals surface area contributed by atoms with Crippen molar-refractivity contribution in [3.63, 3.8) is 0 Å². The summed E-state index contributed by atoms with van der Waals surface area (Å²) in [5, 5.41) is 6.53. The summed E-state index contributed by atoms with van der Waals surface area (Å²) in [6, 6.07) is 10.1. The number of hydrogen-bond donors (Lipinski definition) is 0. The Morgan fingerprint density at radius 2 is 1.70 bits per heavy atom. The fraction of sp³-hybridized carbons (Fsp3) is 0.278. The molecule has 5 nitrogen and oxygen atoms in total. The van der Waals surface area contributed by atoms with Gasteiger partial charge in [0.2, 0.25) is 0 Å². The van der Waals surface area contributed by atoms with E-state index in [4.69, 9.17) is 39.0 Å². The van der Waals surface area contributed by atoms with Crippen molar-refractivity contribution in [1.29, 1.82) is 0 Å². The van der Waals surface area contributed by atoms with Crippen LogP contribution in [0.5, 0.6) is 0 Å². The topological polar surface area (TPSA) is 55.2 Å². The Kier molecular flexibility index (Phi) is 5.91. The summed E-state index contributed by atoms with van der Waals surface area (Å²) in [7, 11) is 1.69. The Bertz CT molecular complexity index is 1070. The van der Waals surface area contributed by atoms with Crippen molar-refractivity contribution in [2.75, 3.05) is 18.0 Å². The first kappa shape index (κ1) is 20.3. The zero-order valence-electron chi connectivity index (χ0n) is 14.8. The molecule has 0 amide bonds. The van der Waals surface area contributed by atoms with E-state index in [1.165, 1.54) is 6.07 Å². The minimum atomic E-state index is -3.84. The van der Waals surface area contributed by atoms with Crippen LogP contribution in [-0.2, 0) is 15.6 Å². The lowest BCUT2D eigenvalue weighted by Crippen LogP contribution is -2.22. The molecule has 0 bridgehead atoms. The molecule has 1 heterocycles. The van der Waals surface area contributed by atoms with Crippen LogP contribution in [0.25, 0.3) is 10.9 Å². The van der Waals surface area contributed by atoms with E-state index < -0.39 is 9.05 Å². The van der Waals surface area contributed by atoms with Crippen LogP contribution in [0.15, 0.2) is 41.3 Å². The van der Waals surface area contributed by atoms with Gasteiger partial charge >= 0.3 is 0 Å². The van der Waals surface area contributed by atoms with Crippen LogP contribution in [0.4, 0.5) is 5.82 Å². The second-order valence-electron chi connectivity index (χ2n) is 5.97. The summed E-state index contributed by atoms with van der Waals surface area (Å²) in [6.07, 6.45) is 0. The summed E-state index contributed by atoms with van der Waals surface area (Å²) in [5.74, 6) is 0.695. The maximum Gasteiger partial charge on any atom is 0.261 e. The molecule has 0 radical (unpaired) electrons. The van der Waals surface area contributed by atoms with Gasteiger partial charge in [-0.1, -0.05) is 29.3 Å². The molecule has 0 aliphatic carbocycles. The summed E-state index contributed by atoms with van der Waals surface area (Å²) in [4.78, 5) is 2.10. The van der Waals surface area contributed by atoms with Crippen LogP contribution in [0.1, 0.15) is 19.4 Å². The van der Waals surface area contributed by atoms with E-state index in [-0.39, 0.29) is 4.90 Å². The first-order valence-corrected chi connectivity index (χ1v) is 11.5. The second kappa shape index (κ2) is 7.87. The molecule has 27 heavy (non-hydrogen) atoms. The second-order valence-corrected chi connectivity index (χ2v) is 9.35. The lowest BCUT2D eigenvalue weighted by Gasteiger charge is -2.18. The molecule has 0 N–H and O–H groups in total. The van der Waals surface area contributed by atoms with Gasteiger partial charge in [0, 0.05) is 44.8 Å². The Balaban J connectivity index is 2.22. The van der Waals surface area contributed by atoms with Gasteiger partial charge in [0.05, 0.1) is 17.0 Å². The Morgan fingerprint density at radius 3 is 2.26 bits per heavy atom. The van der Waals surface area contributed by atoms with E-state index in [0.717, 1.165) is 24.2 Å². The number of rotatable bonds is 6. The molecule has 1 aromatic heterocycles. The number of halogens is 3. The third-order valence-corrected chi connectivity index (χ3v) is 6.48. The van der Waals surface area contributed by atoms with Crippen LogP contribution in [-0.4, -0.2) is 31.3 Å². The van der Waals surface area contributed by atoms with E-state index in [1.54, 1.807) is 35.0 Å². The molecule has 0 atom stereocenters. The zero-order chi connectivity index (χ0) is 19.8. The lowest BCUT2D eigenvalue weighted by atomic mass is 10.2. The van der Waals surface area contributed by atoms with Gasteiger partial charge in [0.1, 0.15) is 0 Å². The number of fused-ring (bicyclic) bond motifs is 1. The Morgan fingerprint density at radius 1 is 1.07 bits per heavy atom. The van der Waals surface area contributed by atoms with E-state index in [9.17, 15) is 8.42 Å². The van der Waals surface area contributed by atoms with Crippen molar-refractivity contribution < 1.29 is 8.42 Å². The molecule has 0 aliphatic heterocycles. The number of benzene rings is 2. The first-order valence-electron chi connectivity index (χ1n) is 8.39. The Labute approximate surface area is 172 Å². The molecular weight excluding hydrogens is 429 g/mol. The van der Waals surface area contributed by atoms with Gasteiger partial charge in [0.15, 0.2) is 5.82 Å². The van der Waals surface area contributed by atoms with Crippen LogP contribution in [0.2, 0.25) is 10.0 Å². The van der Waals surface area contributed by atoms with Crippen LogP contribution >= 0.6 is 33.9 Å². The van der Waals surface area contributed by atoms with Crippen molar-refractivity contribution in [3.05, 3.63) is 52.0 Å². The molecule has 3 aromatic rings. The van der Waals surface area contributed by atoms with Crippen molar-refractivity contribution in [2.24, 2.45) is 0 Å². The molecule has 0 unspecified atom stereocenters. The Hall–Kier alpha value is -1.47. The average molecular weight is 447 g/mol. The molecule has 0 fully saturated rings. The van der Waals surface area contributed by atoms with Gasteiger partial charge in [-0.2, -0.15) is 5.10 Å². The maximum atomic E-state index is 11.8. The summed E-state index contributed by atoms with van der Waals surface area (Å²) in [5.41, 5.74) is 1.53. The smallest absolute Gasteiger partial charge is 0.261 e. The van der Waals surface area contributed by atoms with Gasteiger partial charge in [0.25, 0.3) is 9.05 Å². The molecular formula is C18H18Cl3N3O2S. The number of aromatic nitrogens is 2. The van der Waals surface area contributed by atoms with E-state index in [1.807, 2.05) is 13.8 Å². The average Bonchev–Trinajstić information content (AvgIpc) is 2.97. The molecule has 0 saturated carbocycles. The van der Waals surface area contributed by atoms with Crippen molar-refractivity contribution in [2.45, 2.75) is 25.3 Å². The van der Waals surface area contributed by atoms with Gasteiger partial charge < -0.3 is 4.90 Å². The quantitative estimate of drug-likeness (QED) is 0.490. The maximum absolute atomic E-state index is 11.8. The van der Waals surface area contributed by atoms with E-state index in [2.05, 4.69) is 4.90 Å². The molecule has 0 aliphatic rings. The standard InChI is InChI=1S/C18H18Cl3N3O2S/c1-3-23(4-2)18-13-10-12(27(21,25)26)8-9-17(13)24(22-18)11-14-15(19)6-5-7-16(14)20/h5-10H,3-4,11H2,1-2H3. The molecule has 9 heteroatoms. The molecule has 144 valence electrons. The van der Waals surface area contributed by atoms with E-state index in [0.29, 0.717) is 27.8 Å². The largest absolute Gasteiger partial charge is 0.355 e. The minimum absolute atomic E-state index is 0.0420. The molecule has 0 saturated heterocycles. The summed E-state index contributed by atoms with van der Waals surface area (Å²) < 4.78 is 25.3. The zero-order valence-corrected chi connectivity index (χ0v) is 17.9. The third-order valence-electron chi connectivity index (χ3n) is 4.42. The van der Waals surface area contributed by atoms with Crippen molar-refractivity contribution in [3.8, 4) is 0 Å². The van der Waals surface area contributed by atoms with Gasteiger partial charge in [-0.25, -0.2) is 8.42 Å². The number of nitrogens with zero attached hydrogens (tertiary/aromatic N) is 3. The monoisotopic (exact) mass is 445 g/mol. The predicted molar refractivity (Wildman–Crippen MR) is 112 cm³/mol. The number of anilines is 1. The highest BCUT2D eigenvalue weighted by atomic mass is 35.7. The highest BCUT2D eigenvalue weighted by Crippen LogP contribution is 2.32. The molecule has 0 spiro atoms. The predicted octanol–water partition coefficient (Wildman–Crippen LogP) is 5.17. The third kappa shape index (κ3) is 4.04. The van der Waals surface area contributed by atoms with Gasteiger partial charge in [-0.15, -0.1) is 0 Å². The first-order chi connectivity index (χ1) is 12.8. The van der Waals surface area contributed by atoms with Crippen LogP contribution in [0.3, 0.4) is 0 Å². The van der Waals surface area contributed by atoms with Crippen LogP contribution in [0, 0.1) is 0 Å². The highest BCUT2D eigenvalue weighted by Gasteiger charge is 2.19. The molecule has 3 rings (SSSR count). The number of hydrogen-bond acceptors (Lipinski definition) is 4. The van der Waals surface area contributed by atoms with Crippen molar-refractivity contribution in [1.82, 2.24) is 9.78 Å². The lowest BCUT2D eigenvalue weighted by molar-refractivity contribution is 0.609. The molecule has 2 aromatic carbocycles.